The molecule has 2 unspecified atom stereocenters. The van der Waals surface area contributed by atoms with Crippen molar-refractivity contribution in [3.63, 3.8) is 0 Å². The molecule has 1 saturated carbocycles. The zero-order chi connectivity index (χ0) is 17.5. The van der Waals surface area contributed by atoms with Crippen molar-refractivity contribution in [2.75, 3.05) is 6.54 Å². The minimum absolute atomic E-state index is 0.111. The van der Waals surface area contributed by atoms with Gasteiger partial charge in [0.15, 0.2) is 11.7 Å². The molecule has 2 aromatic rings. The van der Waals surface area contributed by atoms with E-state index in [1.54, 1.807) is 6.20 Å². The van der Waals surface area contributed by atoms with Gasteiger partial charge in [-0.15, -0.1) is 0 Å². The molecule has 1 aromatic heterocycles. The van der Waals surface area contributed by atoms with Gasteiger partial charge in [0, 0.05) is 24.4 Å². The summed E-state index contributed by atoms with van der Waals surface area (Å²) in [6.45, 7) is 0.656. The molecule has 5 heteroatoms. The molecule has 0 radical (unpaired) electrons. The summed E-state index contributed by atoms with van der Waals surface area (Å²) in [6.07, 6.45) is 8.23. The fourth-order valence-electron chi connectivity index (χ4n) is 3.52. The van der Waals surface area contributed by atoms with Gasteiger partial charge in [-0.25, -0.2) is 4.98 Å². The maximum atomic E-state index is 12.2. The van der Waals surface area contributed by atoms with Crippen molar-refractivity contribution in [3.05, 3.63) is 42.4 Å². The van der Waals surface area contributed by atoms with E-state index in [4.69, 9.17) is 10.2 Å². The number of rotatable bonds is 7. The minimum atomic E-state index is 0.111. The van der Waals surface area contributed by atoms with E-state index in [0.717, 1.165) is 30.6 Å². The van der Waals surface area contributed by atoms with E-state index >= 15 is 0 Å². The average Bonchev–Trinajstić information content (AvgIpc) is 3.12. The quantitative estimate of drug-likeness (QED) is 0.809. The summed E-state index contributed by atoms with van der Waals surface area (Å²) < 4.78 is 5.78. The number of amides is 1. The van der Waals surface area contributed by atoms with Crippen LogP contribution in [0.15, 0.2) is 40.9 Å². The van der Waals surface area contributed by atoms with E-state index in [0.29, 0.717) is 31.2 Å². The maximum absolute atomic E-state index is 12.2. The van der Waals surface area contributed by atoms with Crippen LogP contribution in [0.3, 0.4) is 0 Å². The molecule has 3 N–H and O–H groups in total. The Bertz CT molecular complexity index is 669. The van der Waals surface area contributed by atoms with Crippen LogP contribution >= 0.6 is 0 Å². The topological polar surface area (TPSA) is 81.1 Å². The van der Waals surface area contributed by atoms with Crippen LogP contribution in [0.4, 0.5) is 0 Å². The van der Waals surface area contributed by atoms with E-state index in [-0.39, 0.29) is 11.9 Å². The highest BCUT2D eigenvalue weighted by Gasteiger charge is 2.25. The smallest absolute Gasteiger partial charge is 0.220 e. The number of oxazole rings is 1. The lowest BCUT2D eigenvalue weighted by atomic mass is 9.84. The van der Waals surface area contributed by atoms with Crippen molar-refractivity contribution in [1.29, 1.82) is 0 Å². The van der Waals surface area contributed by atoms with Crippen LogP contribution in [0.2, 0.25) is 0 Å². The molecule has 1 aliphatic rings. The van der Waals surface area contributed by atoms with Crippen LogP contribution in [0.25, 0.3) is 11.3 Å². The van der Waals surface area contributed by atoms with Crippen LogP contribution < -0.4 is 11.1 Å². The van der Waals surface area contributed by atoms with Gasteiger partial charge < -0.3 is 15.5 Å². The lowest BCUT2D eigenvalue weighted by Gasteiger charge is -2.31. The first kappa shape index (κ1) is 17.7. The Kier molecular flexibility index (Phi) is 6.23. The van der Waals surface area contributed by atoms with Gasteiger partial charge in [0.2, 0.25) is 5.91 Å². The van der Waals surface area contributed by atoms with Crippen LogP contribution in [-0.2, 0) is 11.2 Å². The van der Waals surface area contributed by atoms with Crippen molar-refractivity contribution in [3.8, 4) is 11.3 Å². The molecule has 0 aliphatic heterocycles. The lowest BCUT2D eigenvalue weighted by molar-refractivity contribution is -0.122. The summed E-state index contributed by atoms with van der Waals surface area (Å²) in [6, 6.07) is 10.2. The highest BCUT2D eigenvalue weighted by Crippen LogP contribution is 2.24. The Hall–Kier alpha value is -2.14. The number of carbonyl (C=O) groups is 1. The number of carbonyl (C=O) groups excluding carboxylic acids is 1. The molecule has 1 heterocycles. The van der Waals surface area contributed by atoms with Gasteiger partial charge in [0.05, 0.1) is 6.20 Å². The summed E-state index contributed by atoms with van der Waals surface area (Å²) in [7, 11) is 0. The largest absolute Gasteiger partial charge is 0.441 e. The first-order valence-electron chi connectivity index (χ1n) is 9.26. The summed E-state index contributed by atoms with van der Waals surface area (Å²) in [5.74, 6) is 2.00. The number of nitrogens with two attached hydrogens (primary N) is 1. The van der Waals surface area contributed by atoms with Crippen molar-refractivity contribution >= 4 is 5.91 Å². The summed E-state index contributed by atoms with van der Waals surface area (Å²) in [4.78, 5) is 16.5. The van der Waals surface area contributed by atoms with Gasteiger partial charge in [-0.05, 0) is 31.7 Å². The van der Waals surface area contributed by atoms with E-state index in [9.17, 15) is 4.79 Å². The van der Waals surface area contributed by atoms with Crippen molar-refractivity contribution < 1.29 is 9.21 Å². The number of hydrogen-bond donors (Lipinski definition) is 2. The molecular formula is C20H27N3O2. The van der Waals surface area contributed by atoms with Crippen molar-refractivity contribution in [1.82, 2.24) is 10.3 Å². The zero-order valence-corrected chi connectivity index (χ0v) is 14.6. The Morgan fingerprint density at radius 1 is 1.24 bits per heavy atom. The Morgan fingerprint density at radius 2 is 2.04 bits per heavy atom. The molecule has 0 spiro atoms. The third-order valence-electron chi connectivity index (χ3n) is 4.96. The normalized spacial score (nSPS) is 20.4. The van der Waals surface area contributed by atoms with E-state index < -0.39 is 0 Å². The molecule has 3 rings (SSSR count). The van der Waals surface area contributed by atoms with E-state index in [2.05, 4.69) is 10.3 Å². The third-order valence-corrected chi connectivity index (χ3v) is 4.96. The average molecular weight is 341 g/mol. The maximum Gasteiger partial charge on any atom is 0.220 e. The number of benzene rings is 1. The molecule has 134 valence electrons. The van der Waals surface area contributed by atoms with Gasteiger partial charge in [0.25, 0.3) is 0 Å². The number of aromatic nitrogens is 1. The van der Waals surface area contributed by atoms with Gasteiger partial charge in [-0.2, -0.15) is 0 Å². The van der Waals surface area contributed by atoms with Crippen molar-refractivity contribution in [2.45, 2.75) is 51.0 Å². The summed E-state index contributed by atoms with van der Waals surface area (Å²) >= 11 is 0. The molecule has 0 bridgehead atoms. The second-order valence-electron chi connectivity index (χ2n) is 6.79. The fraction of sp³-hybridized carbons (Fsp3) is 0.500. The van der Waals surface area contributed by atoms with Crippen LogP contribution in [0, 0.1) is 5.92 Å². The predicted octanol–water partition coefficient (Wildman–Crippen LogP) is 3.30. The molecule has 1 aliphatic carbocycles. The number of hydrogen-bond acceptors (Lipinski definition) is 4. The van der Waals surface area contributed by atoms with Crippen LogP contribution in [0.5, 0.6) is 0 Å². The van der Waals surface area contributed by atoms with Crippen molar-refractivity contribution in [2.24, 2.45) is 11.7 Å². The fourth-order valence-corrected chi connectivity index (χ4v) is 3.52. The third kappa shape index (κ3) is 4.92. The highest BCUT2D eigenvalue weighted by molar-refractivity contribution is 5.76. The van der Waals surface area contributed by atoms with Gasteiger partial charge in [-0.3, -0.25) is 4.79 Å². The molecule has 1 aromatic carbocycles. The Labute approximate surface area is 149 Å². The molecular weight excluding hydrogens is 314 g/mol. The monoisotopic (exact) mass is 341 g/mol. The van der Waals surface area contributed by atoms with Gasteiger partial charge in [-0.1, -0.05) is 43.2 Å². The number of nitrogens with zero attached hydrogens (tertiary/aromatic N) is 1. The number of aryl methyl sites for hydroxylation is 1. The van der Waals surface area contributed by atoms with E-state index in [1.165, 1.54) is 12.8 Å². The molecule has 5 nitrogen and oxygen atoms in total. The molecule has 2 atom stereocenters. The molecule has 25 heavy (non-hydrogen) atoms. The lowest BCUT2D eigenvalue weighted by Crippen LogP contribution is -2.44. The second-order valence-corrected chi connectivity index (χ2v) is 6.79. The first-order chi connectivity index (χ1) is 12.3. The predicted molar refractivity (Wildman–Crippen MR) is 97.8 cm³/mol. The zero-order valence-electron chi connectivity index (χ0n) is 14.6. The molecule has 1 amide bonds. The standard InChI is InChI=1S/C20H27N3O2/c21-13-16-9-4-5-10-17(16)23-19(24)11-6-12-20-22-14-18(25-20)15-7-2-1-3-8-15/h1-3,7-8,14,16-17H,4-6,9-13,21H2,(H,23,24). The van der Waals surface area contributed by atoms with Crippen LogP contribution in [-0.4, -0.2) is 23.5 Å². The molecule has 0 saturated heterocycles. The summed E-state index contributed by atoms with van der Waals surface area (Å²) in [5, 5.41) is 3.17. The summed E-state index contributed by atoms with van der Waals surface area (Å²) in [5.41, 5.74) is 6.84. The van der Waals surface area contributed by atoms with Gasteiger partial charge >= 0.3 is 0 Å². The first-order valence-corrected chi connectivity index (χ1v) is 9.26. The minimum Gasteiger partial charge on any atom is -0.441 e. The van der Waals surface area contributed by atoms with Crippen LogP contribution in [0.1, 0.15) is 44.4 Å². The van der Waals surface area contributed by atoms with Gasteiger partial charge in [0.1, 0.15) is 0 Å². The van der Waals surface area contributed by atoms with E-state index in [1.807, 2.05) is 30.3 Å². The SMILES string of the molecule is NCC1CCCCC1NC(=O)CCCc1ncc(-c2ccccc2)o1. The molecule has 1 fully saturated rings. The Balaban J connectivity index is 1.43. The second kappa shape index (κ2) is 8.81. The highest BCUT2D eigenvalue weighted by atomic mass is 16.4. The number of nitrogens with one attached hydrogen (secondary N) is 1. The Morgan fingerprint density at radius 3 is 2.84 bits per heavy atom.